The fourth-order valence-corrected chi connectivity index (χ4v) is 3.63. The first-order valence-corrected chi connectivity index (χ1v) is 8.43. The van der Waals surface area contributed by atoms with Gasteiger partial charge in [-0.05, 0) is 37.0 Å². The summed E-state index contributed by atoms with van der Waals surface area (Å²) >= 11 is 0. The van der Waals surface area contributed by atoms with Crippen LogP contribution in [0.3, 0.4) is 0 Å². The fraction of sp³-hybridized carbons (Fsp3) is 1.00. The first-order valence-electron chi connectivity index (χ1n) is 8.43. The Kier molecular flexibility index (Phi) is 7.38. The molecule has 0 spiro atoms. The van der Waals surface area contributed by atoms with Crippen molar-refractivity contribution >= 4 is 0 Å². The van der Waals surface area contributed by atoms with E-state index in [0.717, 1.165) is 17.8 Å². The zero-order valence-electron chi connectivity index (χ0n) is 13.9. The van der Waals surface area contributed by atoms with Crippen LogP contribution < -0.4 is 5.73 Å². The minimum Gasteiger partial charge on any atom is -0.326 e. The summed E-state index contributed by atoms with van der Waals surface area (Å²) in [5.74, 6) is 2.38. The fourth-order valence-electron chi connectivity index (χ4n) is 3.63. The normalized spacial score (nSPS) is 28.6. The van der Waals surface area contributed by atoms with Crippen LogP contribution in [0.5, 0.6) is 0 Å². The Morgan fingerprint density at radius 2 is 1.63 bits per heavy atom. The van der Waals surface area contributed by atoms with Crippen LogP contribution in [-0.2, 0) is 0 Å². The second-order valence-electron chi connectivity index (χ2n) is 7.44. The molecule has 0 aromatic rings. The lowest BCUT2D eigenvalue weighted by Crippen LogP contribution is -2.53. The summed E-state index contributed by atoms with van der Waals surface area (Å²) < 4.78 is 0. The molecule has 1 aliphatic rings. The Labute approximate surface area is 121 Å². The molecule has 1 aliphatic carbocycles. The SMILES string of the molecule is CCCC1CCC(N)C(N(CC(C)C)CC(C)C)C1. The van der Waals surface area contributed by atoms with Gasteiger partial charge in [-0.1, -0.05) is 47.5 Å². The first kappa shape index (κ1) is 17.0. The minimum atomic E-state index is 0.394. The number of hydrogen-bond donors (Lipinski definition) is 1. The monoisotopic (exact) mass is 268 g/mol. The predicted octanol–water partition coefficient (Wildman–Crippen LogP) is 3.90. The summed E-state index contributed by atoms with van der Waals surface area (Å²) in [5, 5.41) is 0. The highest BCUT2D eigenvalue weighted by atomic mass is 15.2. The summed E-state index contributed by atoms with van der Waals surface area (Å²) in [4.78, 5) is 2.70. The molecule has 114 valence electrons. The maximum Gasteiger partial charge on any atom is 0.0250 e. The van der Waals surface area contributed by atoms with Crippen molar-refractivity contribution in [2.24, 2.45) is 23.5 Å². The zero-order chi connectivity index (χ0) is 14.4. The standard InChI is InChI=1S/C17H36N2/c1-6-7-15-8-9-16(18)17(10-15)19(11-13(2)3)12-14(4)5/h13-17H,6-12,18H2,1-5H3. The first-order chi connectivity index (χ1) is 8.93. The number of hydrogen-bond acceptors (Lipinski definition) is 2. The van der Waals surface area contributed by atoms with Gasteiger partial charge in [-0.15, -0.1) is 0 Å². The molecule has 0 aromatic carbocycles. The molecule has 1 fully saturated rings. The molecular weight excluding hydrogens is 232 g/mol. The van der Waals surface area contributed by atoms with Gasteiger partial charge in [0.2, 0.25) is 0 Å². The van der Waals surface area contributed by atoms with E-state index in [9.17, 15) is 0 Å². The predicted molar refractivity (Wildman–Crippen MR) is 85.3 cm³/mol. The molecule has 0 heterocycles. The van der Waals surface area contributed by atoms with Crippen LogP contribution in [0.25, 0.3) is 0 Å². The maximum absolute atomic E-state index is 6.45. The highest BCUT2D eigenvalue weighted by Crippen LogP contribution is 2.31. The van der Waals surface area contributed by atoms with Crippen molar-refractivity contribution in [3.8, 4) is 0 Å². The summed E-state index contributed by atoms with van der Waals surface area (Å²) in [6.45, 7) is 14.0. The van der Waals surface area contributed by atoms with Gasteiger partial charge in [0.1, 0.15) is 0 Å². The molecular formula is C17H36N2. The van der Waals surface area contributed by atoms with E-state index in [2.05, 4.69) is 39.5 Å². The maximum atomic E-state index is 6.45. The van der Waals surface area contributed by atoms with Crippen molar-refractivity contribution in [2.45, 2.75) is 78.8 Å². The van der Waals surface area contributed by atoms with Gasteiger partial charge in [0.25, 0.3) is 0 Å². The molecule has 19 heavy (non-hydrogen) atoms. The molecule has 1 saturated carbocycles. The molecule has 0 radical (unpaired) electrons. The molecule has 3 unspecified atom stereocenters. The number of nitrogens with two attached hydrogens (primary N) is 1. The Balaban J connectivity index is 2.67. The van der Waals surface area contributed by atoms with E-state index >= 15 is 0 Å². The van der Waals surface area contributed by atoms with Crippen molar-refractivity contribution in [1.82, 2.24) is 4.90 Å². The van der Waals surface area contributed by atoms with E-state index in [1.54, 1.807) is 0 Å². The zero-order valence-corrected chi connectivity index (χ0v) is 13.9. The summed E-state index contributed by atoms with van der Waals surface area (Å²) in [5.41, 5.74) is 6.45. The van der Waals surface area contributed by atoms with Gasteiger partial charge >= 0.3 is 0 Å². The molecule has 1 rings (SSSR count). The highest BCUT2D eigenvalue weighted by molar-refractivity contribution is 4.90. The summed E-state index contributed by atoms with van der Waals surface area (Å²) in [6, 6.07) is 1.01. The summed E-state index contributed by atoms with van der Waals surface area (Å²) in [7, 11) is 0. The Hall–Kier alpha value is -0.0800. The molecule has 2 heteroatoms. The third kappa shape index (κ3) is 5.83. The van der Waals surface area contributed by atoms with E-state index in [1.165, 1.54) is 45.2 Å². The number of rotatable bonds is 7. The van der Waals surface area contributed by atoms with Crippen LogP contribution in [-0.4, -0.2) is 30.1 Å². The van der Waals surface area contributed by atoms with Crippen LogP contribution in [0.4, 0.5) is 0 Å². The Morgan fingerprint density at radius 1 is 1.05 bits per heavy atom. The average molecular weight is 268 g/mol. The topological polar surface area (TPSA) is 29.3 Å². The van der Waals surface area contributed by atoms with E-state index < -0.39 is 0 Å². The van der Waals surface area contributed by atoms with E-state index in [4.69, 9.17) is 5.73 Å². The van der Waals surface area contributed by atoms with Crippen LogP contribution >= 0.6 is 0 Å². The lowest BCUT2D eigenvalue weighted by Gasteiger charge is -2.43. The second kappa shape index (κ2) is 8.26. The lowest BCUT2D eigenvalue weighted by atomic mass is 9.79. The van der Waals surface area contributed by atoms with Gasteiger partial charge in [0, 0.05) is 25.2 Å². The third-order valence-electron chi connectivity index (χ3n) is 4.34. The van der Waals surface area contributed by atoms with Crippen LogP contribution in [0.2, 0.25) is 0 Å². The summed E-state index contributed by atoms with van der Waals surface area (Å²) in [6.07, 6.45) is 6.61. The average Bonchev–Trinajstić information content (AvgIpc) is 2.30. The molecule has 3 atom stereocenters. The quantitative estimate of drug-likeness (QED) is 0.759. The van der Waals surface area contributed by atoms with Gasteiger partial charge in [0.15, 0.2) is 0 Å². The Bertz CT molecular complexity index is 227. The molecule has 0 bridgehead atoms. The van der Waals surface area contributed by atoms with E-state index in [0.29, 0.717) is 12.1 Å². The van der Waals surface area contributed by atoms with Crippen LogP contribution in [0.1, 0.15) is 66.7 Å². The van der Waals surface area contributed by atoms with Crippen molar-refractivity contribution < 1.29 is 0 Å². The molecule has 2 nitrogen and oxygen atoms in total. The van der Waals surface area contributed by atoms with Crippen LogP contribution in [0.15, 0.2) is 0 Å². The van der Waals surface area contributed by atoms with Crippen molar-refractivity contribution in [3.63, 3.8) is 0 Å². The van der Waals surface area contributed by atoms with Crippen molar-refractivity contribution in [3.05, 3.63) is 0 Å². The second-order valence-corrected chi connectivity index (χ2v) is 7.44. The van der Waals surface area contributed by atoms with Gasteiger partial charge in [-0.2, -0.15) is 0 Å². The van der Waals surface area contributed by atoms with Crippen molar-refractivity contribution in [2.75, 3.05) is 13.1 Å². The minimum absolute atomic E-state index is 0.394. The molecule has 0 saturated heterocycles. The van der Waals surface area contributed by atoms with E-state index in [-0.39, 0.29) is 0 Å². The van der Waals surface area contributed by atoms with Gasteiger partial charge in [0.05, 0.1) is 0 Å². The van der Waals surface area contributed by atoms with Gasteiger partial charge in [-0.3, -0.25) is 4.90 Å². The molecule has 0 aromatic heterocycles. The molecule has 0 aliphatic heterocycles. The number of nitrogens with zero attached hydrogens (tertiary/aromatic N) is 1. The van der Waals surface area contributed by atoms with Crippen molar-refractivity contribution in [1.29, 1.82) is 0 Å². The smallest absolute Gasteiger partial charge is 0.0250 e. The molecule has 0 amide bonds. The highest BCUT2D eigenvalue weighted by Gasteiger charge is 2.32. The lowest BCUT2D eigenvalue weighted by molar-refractivity contribution is 0.0863. The largest absolute Gasteiger partial charge is 0.326 e. The van der Waals surface area contributed by atoms with Crippen LogP contribution in [0, 0.1) is 17.8 Å². The van der Waals surface area contributed by atoms with Gasteiger partial charge in [-0.25, -0.2) is 0 Å². The van der Waals surface area contributed by atoms with Gasteiger partial charge < -0.3 is 5.73 Å². The third-order valence-corrected chi connectivity index (χ3v) is 4.34. The van der Waals surface area contributed by atoms with E-state index in [1.807, 2.05) is 0 Å². The Morgan fingerprint density at radius 3 is 2.11 bits per heavy atom. The molecule has 2 N–H and O–H groups in total.